The van der Waals surface area contributed by atoms with Crippen molar-refractivity contribution in [2.75, 3.05) is 18.4 Å². The van der Waals surface area contributed by atoms with E-state index in [1.165, 1.54) is 13.8 Å². The molecule has 5 heteroatoms. The van der Waals surface area contributed by atoms with Crippen LogP contribution in [0.3, 0.4) is 0 Å². The molecule has 5 nitrogen and oxygen atoms in total. The van der Waals surface area contributed by atoms with Crippen molar-refractivity contribution in [1.29, 1.82) is 0 Å². The minimum atomic E-state index is -0.160. The summed E-state index contributed by atoms with van der Waals surface area (Å²) in [5.74, 6) is -0.209. The Morgan fingerprint density at radius 1 is 1.09 bits per heavy atom. The lowest BCUT2D eigenvalue weighted by atomic mass is 10.1. The van der Waals surface area contributed by atoms with E-state index in [-0.39, 0.29) is 24.0 Å². The van der Waals surface area contributed by atoms with Crippen molar-refractivity contribution in [3.8, 4) is 0 Å². The number of carbonyl (C=O) groups excluding carboxylic acids is 3. The van der Waals surface area contributed by atoms with E-state index in [2.05, 4.69) is 12.2 Å². The maximum Gasteiger partial charge on any atom is 0.226 e. The third-order valence-electron chi connectivity index (χ3n) is 3.64. The number of unbranched alkanes of at least 4 members (excludes halogenated alkanes) is 2. The Morgan fingerprint density at radius 3 is 2.43 bits per heavy atom. The fourth-order valence-electron chi connectivity index (χ4n) is 2.26. The van der Waals surface area contributed by atoms with Crippen molar-refractivity contribution in [2.24, 2.45) is 0 Å². The van der Waals surface area contributed by atoms with Crippen LogP contribution in [-0.4, -0.2) is 35.6 Å². The molecule has 1 aromatic carbocycles. The van der Waals surface area contributed by atoms with Gasteiger partial charge in [-0.15, -0.1) is 0 Å². The first-order chi connectivity index (χ1) is 10.9. The molecule has 0 heterocycles. The first-order valence-electron chi connectivity index (χ1n) is 8.10. The monoisotopic (exact) mass is 318 g/mol. The van der Waals surface area contributed by atoms with Gasteiger partial charge < -0.3 is 10.2 Å². The van der Waals surface area contributed by atoms with Crippen molar-refractivity contribution in [3.63, 3.8) is 0 Å². The smallest absolute Gasteiger partial charge is 0.226 e. The summed E-state index contributed by atoms with van der Waals surface area (Å²) < 4.78 is 0. The highest BCUT2D eigenvalue weighted by Crippen LogP contribution is 2.11. The molecule has 0 aliphatic heterocycles. The number of hydrogen-bond donors (Lipinski definition) is 1. The number of rotatable bonds is 9. The molecule has 0 bridgehead atoms. The summed E-state index contributed by atoms with van der Waals surface area (Å²) in [6.45, 7) is 6.23. The van der Waals surface area contributed by atoms with Crippen LogP contribution in [-0.2, 0) is 9.59 Å². The van der Waals surface area contributed by atoms with Gasteiger partial charge in [-0.3, -0.25) is 14.4 Å². The number of carbonyl (C=O) groups is 3. The summed E-state index contributed by atoms with van der Waals surface area (Å²) in [7, 11) is 0. The maximum absolute atomic E-state index is 12.0. The Bertz CT molecular complexity index is 555. The second kappa shape index (κ2) is 9.77. The summed E-state index contributed by atoms with van der Waals surface area (Å²) in [4.78, 5) is 36.7. The molecule has 2 amide bonds. The van der Waals surface area contributed by atoms with Gasteiger partial charge in [0.2, 0.25) is 11.8 Å². The van der Waals surface area contributed by atoms with Crippen LogP contribution in [0.1, 0.15) is 56.8 Å². The number of nitrogens with one attached hydrogen (secondary N) is 1. The molecule has 126 valence electrons. The van der Waals surface area contributed by atoms with Crippen molar-refractivity contribution in [1.82, 2.24) is 4.90 Å². The maximum atomic E-state index is 12.0. The molecule has 0 aliphatic rings. The lowest BCUT2D eigenvalue weighted by Gasteiger charge is -2.20. The van der Waals surface area contributed by atoms with Crippen molar-refractivity contribution in [2.45, 2.75) is 46.5 Å². The Balaban J connectivity index is 2.50. The van der Waals surface area contributed by atoms with Crippen LogP contribution in [0.25, 0.3) is 0 Å². The Kier molecular flexibility index (Phi) is 8.02. The molecule has 1 N–H and O–H groups in total. The molecule has 0 saturated carbocycles. The SMILES string of the molecule is CCCCCN(CCC(=O)Nc1cccc(C(C)=O)c1)C(C)=O. The van der Waals surface area contributed by atoms with E-state index >= 15 is 0 Å². The van der Waals surface area contributed by atoms with Crippen molar-refractivity contribution < 1.29 is 14.4 Å². The van der Waals surface area contributed by atoms with Crippen LogP contribution in [0, 0.1) is 0 Å². The molecular formula is C18H26N2O3. The number of Topliss-reactive ketones (excluding diaryl/α,β-unsaturated/α-hetero) is 1. The quantitative estimate of drug-likeness (QED) is 0.561. The summed E-state index contributed by atoms with van der Waals surface area (Å²) >= 11 is 0. The highest BCUT2D eigenvalue weighted by Gasteiger charge is 2.11. The molecule has 0 aliphatic carbocycles. The van der Waals surface area contributed by atoms with Gasteiger partial charge in [0.15, 0.2) is 5.78 Å². The second-order valence-electron chi connectivity index (χ2n) is 5.65. The summed E-state index contributed by atoms with van der Waals surface area (Å²) in [5, 5.41) is 2.77. The summed E-state index contributed by atoms with van der Waals surface area (Å²) in [6.07, 6.45) is 3.38. The molecule has 1 rings (SSSR count). The predicted octanol–water partition coefficient (Wildman–Crippen LogP) is 3.26. The van der Waals surface area contributed by atoms with Crippen LogP contribution in [0.15, 0.2) is 24.3 Å². The van der Waals surface area contributed by atoms with Gasteiger partial charge in [-0.1, -0.05) is 31.9 Å². The molecule has 0 radical (unpaired) electrons. The largest absolute Gasteiger partial charge is 0.342 e. The van der Waals surface area contributed by atoms with Crippen LogP contribution >= 0.6 is 0 Å². The topological polar surface area (TPSA) is 66.5 Å². The molecule has 0 spiro atoms. The molecule has 1 aromatic rings. The summed E-state index contributed by atoms with van der Waals surface area (Å²) in [5.41, 5.74) is 1.16. The fourth-order valence-corrected chi connectivity index (χ4v) is 2.26. The minimum Gasteiger partial charge on any atom is -0.342 e. The Hall–Kier alpha value is -2.17. The van der Waals surface area contributed by atoms with E-state index in [9.17, 15) is 14.4 Å². The standard InChI is InChI=1S/C18H26N2O3/c1-4-5-6-11-20(15(3)22)12-10-18(23)19-17-9-7-8-16(13-17)14(2)21/h7-9,13H,4-6,10-12H2,1-3H3,(H,19,23). The average molecular weight is 318 g/mol. The zero-order chi connectivity index (χ0) is 17.2. The minimum absolute atomic E-state index is 0.00696. The Morgan fingerprint density at radius 2 is 1.83 bits per heavy atom. The van der Waals surface area contributed by atoms with Gasteiger partial charge in [0.1, 0.15) is 0 Å². The summed E-state index contributed by atoms with van der Waals surface area (Å²) in [6, 6.07) is 6.85. The third-order valence-corrected chi connectivity index (χ3v) is 3.64. The third kappa shape index (κ3) is 7.08. The van der Waals surface area contributed by atoms with Crippen LogP contribution in [0.2, 0.25) is 0 Å². The average Bonchev–Trinajstić information content (AvgIpc) is 2.50. The normalized spacial score (nSPS) is 10.2. The van der Waals surface area contributed by atoms with Gasteiger partial charge >= 0.3 is 0 Å². The van der Waals surface area contributed by atoms with E-state index in [1.54, 1.807) is 29.2 Å². The number of nitrogens with zero attached hydrogens (tertiary/aromatic N) is 1. The Labute approximate surface area is 138 Å². The first kappa shape index (κ1) is 18.9. The van der Waals surface area contributed by atoms with E-state index < -0.39 is 0 Å². The molecule has 0 saturated heterocycles. The van der Waals surface area contributed by atoms with Crippen molar-refractivity contribution in [3.05, 3.63) is 29.8 Å². The van der Waals surface area contributed by atoms with Crippen molar-refractivity contribution >= 4 is 23.3 Å². The molecule has 0 aromatic heterocycles. The van der Waals surface area contributed by atoms with Gasteiger partial charge in [0.05, 0.1) is 0 Å². The van der Waals surface area contributed by atoms with Crippen LogP contribution < -0.4 is 5.32 Å². The highest BCUT2D eigenvalue weighted by molar-refractivity contribution is 5.97. The lowest BCUT2D eigenvalue weighted by Crippen LogP contribution is -2.32. The number of amides is 2. The number of ketones is 1. The number of benzene rings is 1. The van der Waals surface area contributed by atoms with E-state index in [0.717, 1.165) is 19.3 Å². The zero-order valence-corrected chi connectivity index (χ0v) is 14.2. The van der Waals surface area contributed by atoms with E-state index in [0.29, 0.717) is 24.3 Å². The van der Waals surface area contributed by atoms with Gasteiger partial charge in [-0.2, -0.15) is 0 Å². The molecule has 0 unspecified atom stereocenters. The van der Waals surface area contributed by atoms with Crippen LogP contribution in [0.5, 0.6) is 0 Å². The highest BCUT2D eigenvalue weighted by atomic mass is 16.2. The lowest BCUT2D eigenvalue weighted by molar-refractivity contribution is -0.129. The van der Waals surface area contributed by atoms with Gasteiger partial charge in [-0.25, -0.2) is 0 Å². The predicted molar refractivity (Wildman–Crippen MR) is 91.5 cm³/mol. The fraction of sp³-hybridized carbons (Fsp3) is 0.500. The first-order valence-corrected chi connectivity index (χ1v) is 8.10. The van der Waals surface area contributed by atoms with E-state index in [4.69, 9.17) is 0 Å². The number of hydrogen-bond acceptors (Lipinski definition) is 3. The van der Waals surface area contributed by atoms with E-state index in [1.807, 2.05) is 0 Å². The van der Waals surface area contributed by atoms with Crippen LogP contribution in [0.4, 0.5) is 5.69 Å². The molecular weight excluding hydrogens is 292 g/mol. The number of anilines is 1. The molecule has 0 fully saturated rings. The van der Waals surface area contributed by atoms with Gasteiger partial charge in [-0.05, 0) is 25.5 Å². The van der Waals surface area contributed by atoms with Gasteiger partial charge in [0.25, 0.3) is 0 Å². The van der Waals surface area contributed by atoms with Gasteiger partial charge in [0, 0.05) is 37.7 Å². The molecule has 23 heavy (non-hydrogen) atoms. The molecule has 0 atom stereocenters. The second-order valence-corrected chi connectivity index (χ2v) is 5.65. The zero-order valence-electron chi connectivity index (χ0n) is 14.2.